The molecule has 2 unspecified atom stereocenters. The molecular formula is C10H26O2Si4. The molecule has 0 bridgehead atoms. The van der Waals surface area contributed by atoms with Gasteiger partial charge < -0.3 is 9.47 Å². The molecule has 0 aromatic rings. The average Bonchev–Trinajstić information content (AvgIpc) is 2.30. The second kappa shape index (κ2) is 5.19. The van der Waals surface area contributed by atoms with Gasteiger partial charge >= 0.3 is 0 Å². The van der Waals surface area contributed by atoms with Crippen LogP contribution in [0.5, 0.6) is 0 Å². The summed E-state index contributed by atoms with van der Waals surface area (Å²) >= 11 is 0. The van der Waals surface area contributed by atoms with Crippen LogP contribution in [0.1, 0.15) is 38.5 Å². The van der Waals surface area contributed by atoms with E-state index < -0.39 is 8.31 Å². The monoisotopic (exact) mass is 290 g/mol. The van der Waals surface area contributed by atoms with Crippen LogP contribution in [0.15, 0.2) is 0 Å². The molecule has 0 aromatic heterocycles. The maximum Gasteiger partial charge on any atom is 0.0857 e. The molecule has 0 radical (unpaired) electrons. The predicted octanol–water partition coefficient (Wildman–Crippen LogP) is -2.32. The molecule has 2 atom stereocenters. The second-order valence-electron chi connectivity index (χ2n) is 5.96. The smallest absolute Gasteiger partial charge is 0.0857 e. The topological polar surface area (TPSA) is 18.5 Å². The lowest BCUT2D eigenvalue weighted by Crippen LogP contribution is -2.66. The van der Waals surface area contributed by atoms with E-state index in [-0.39, 0.29) is 0 Å². The van der Waals surface area contributed by atoms with Gasteiger partial charge in [-0.2, -0.15) is 0 Å². The summed E-state index contributed by atoms with van der Waals surface area (Å²) in [6.07, 6.45) is 8.14. The summed E-state index contributed by atoms with van der Waals surface area (Å²) in [6.45, 7) is 2.07. The molecule has 0 saturated carbocycles. The lowest BCUT2D eigenvalue weighted by Gasteiger charge is -2.48. The molecule has 2 heterocycles. The highest BCUT2D eigenvalue weighted by Crippen LogP contribution is 2.32. The first-order valence-electron chi connectivity index (χ1n) is 6.85. The van der Waals surface area contributed by atoms with Crippen molar-refractivity contribution in [1.29, 1.82) is 0 Å². The Morgan fingerprint density at radius 2 is 1.25 bits per heavy atom. The molecule has 2 saturated heterocycles. The normalized spacial score (nSPS) is 43.5. The van der Waals surface area contributed by atoms with Crippen molar-refractivity contribution in [3.8, 4) is 0 Å². The molecule has 2 aliphatic rings. The maximum absolute atomic E-state index is 6.25. The van der Waals surface area contributed by atoms with Gasteiger partial charge in [-0.3, -0.25) is 0 Å². The minimum absolute atomic E-state index is 0.406. The molecule has 0 amide bonds. The first kappa shape index (κ1) is 13.2. The molecular weight excluding hydrogens is 264 g/mol. The summed E-state index contributed by atoms with van der Waals surface area (Å²) in [5, 5.41) is 0. The molecule has 6 heteroatoms. The first-order valence-corrected chi connectivity index (χ1v) is 14.6. The van der Waals surface area contributed by atoms with Gasteiger partial charge in [-0.25, -0.2) is 0 Å². The predicted molar refractivity (Wildman–Crippen MR) is 82.0 cm³/mol. The van der Waals surface area contributed by atoms with E-state index in [9.17, 15) is 0 Å². The van der Waals surface area contributed by atoms with E-state index in [2.05, 4.69) is 0 Å². The lowest BCUT2D eigenvalue weighted by atomic mass is 10.2. The largest absolute Gasteiger partial charge is 0.383 e. The van der Waals surface area contributed by atoms with Crippen LogP contribution in [-0.4, -0.2) is 61.5 Å². The van der Waals surface area contributed by atoms with E-state index in [4.69, 9.17) is 9.47 Å². The summed E-state index contributed by atoms with van der Waals surface area (Å²) in [7, 11) is 3.10. The van der Waals surface area contributed by atoms with Gasteiger partial charge in [0.05, 0.1) is 8.31 Å². The van der Waals surface area contributed by atoms with Crippen molar-refractivity contribution in [2.45, 2.75) is 48.2 Å². The quantitative estimate of drug-likeness (QED) is 0.532. The van der Waals surface area contributed by atoms with E-state index in [0.29, 0.717) is 9.70 Å². The number of hydrogen-bond donors (Lipinski definition) is 0. The average molecular weight is 291 g/mol. The molecule has 2 fully saturated rings. The highest BCUT2D eigenvalue weighted by molar-refractivity contribution is 7.11. The van der Waals surface area contributed by atoms with Crippen LogP contribution in [0, 0.1) is 0 Å². The van der Waals surface area contributed by atoms with E-state index in [0.717, 1.165) is 13.2 Å². The molecule has 2 rings (SSSR count). The molecule has 2 aliphatic heterocycles. The lowest BCUT2D eigenvalue weighted by molar-refractivity contribution is 0.00384. The number of hydrogen-bond acceptors (Lipinski definition) is 2. The Morgan fingerprint density at radius 3 is 1.56 bits per heavy atom. The molecule has 16 heavy (non-hydrogen) atoms. The van der Waals surface area contributed by atoms with Crippen molar-refractivity contribution in [2.75, 3.05) is 13.2 Å². The van der Waals surface area contributed by atoms with Crippen molar-refractivity contribution in [2.24, 2.45) is 0 Å². The molecule has 0 aliphatic carbocycles. The Morgan fingerprint density at radius 1 is 0.812 bits per heavy atom. The van der Waals surface area contributed by atoms with E-state index >= 15 is 0 Å². The fraction of sp³-hybridized carbons (Fsp3) is 1.00. The first-order chi connectivity index (χ1) is 7.57. The van der Waals surface area contributed by atoms with Gasteiger partial charge in [0.2, 0.25) is 0 Å². The van der Waals surface area contributed by atoms with Crippen LogP contribution in [-0.2, 0) is 9.47 Å². The fourth-order valence-corrected chi connectivity index (χ4v) is 15.8. The van der Waals surface area contributed by atoms with Crippen molar-refractivity contribution in [3.63, 3.8) is 0 Å². The van der Waals surface area contributed by atoms with Crippen LogP contribution in [0.3, 0.4) is 0 Å². The van der Waals surface area contributed by atoms with Crippen LogP contribution < -0.4 is 0 Å². The summed E-state index contributed by atoms with van der Waals surface area (Å²) in [5.74, 6) is 0. The third-order valence-corrected chi connectivity index (χ3v) is 30.4. The van der Waals surface area contributed by atoms with Gasteiger partial charge in [0.25, 0.3) is 0 Å². The summed E-state index contributed by atoms with van der Waals surface area (Å²) in [6, 6.07) is 0. The second-order valence-corrected chi connectivity index (χ2v) is 19.0. The Bertz CT molecular complexity index is 213. The van der Waals surface area contributed by atoms with E-state index in [1.54, 1.807) is 0 Å². The Kier molecular flexibility index (Phi) is 4.29. The molecule has 2 nitrogen and oxygen atoms in total. The SMILES string of the molecule is [SiH3][SiH](C1([SiH3])CCCCO1)C1([SiH3])CCCCO1. The van der Waals surface area contributed by atoms with Gasteiger partial charge in [-0.05, 0) is 38.5 Å². The highest BCUT2D eigenvalue weighted by atomic mass is 29.2. The van der Waals surface area contributed by atoms with E-state index in [1.165, 1.54) is 68.8 Å². The molecule has 0 spiro atoms. The van der Waals surface area contributed by atoms with Crippen molar-refractivity contribution in [3.05, 3.63) is 0 Å². The van der Waals surface area contributed by atoms with Crippen LogP contribution >= 0.6 is 0 Å². The van der Waals surface area contributed by atoms with Gasteiger partial charge in [-0.15, -0.1) is 0 Å². The fourth-order valence-electron chi connectivity index (χ4n) is 3.24. The highest BCUT2D eigenvalue weighted by Gasteiger charge is 2.46. The number of ether oxygens (including phenoxy) is 2. The van der Waals surface area contributed by atoms with Gasteiger partial charge in [0.1, 0.15) is 0 Å². The Balaban J connectivity index is 2.06. The van der Waals surface area contributed by atoms with Gasteiger partial charge in [0, 0.05) is 53.2 Å². The molecule has 94 valence electrons. The van der Waals surface area contributed by atoms with Gasteiger partial charge in [0.15, 0.2) is 0 Å². The zero-order valence-electron chi connectivity index (χ0n) is 11.1. The third kappa shape index (κ3) is 2.61. The van der Waals surface area contributed by atoms with E-state index in [1.807, 2.05) is 0 Å². The maximum atomic E-state index is 6.25. The van der Waals surface area contributed by atoms with Crippen LogP contribution in [0.25, 0.3) is 0 Å². The van der Waals surface area contributed by atoms with Crippen LogP contribution in [0.2, 0.25) is 0 Å². The summed E-state index contributed by atoms with van der Waals surface area (Å²) in [4.78, 5) is 0.813. The standard InChI is InChI=1S/C10H26O2Si4/c13-9(5-1-3-7-11-9)16(15)10(14)6-2-4-8-12-10/h16H,1-8H2,13-15H3. The van der Waals surface area contributed by atoms with Crippen molar-refractivity contribution in [1.82, 2.24) is 0 Å². The zero-order valence-corrected chi connectivity index (χ0v) is 18.2. The van der Waals surface area contributed by atoms with Crippen molar-refractivity contribution >= 4 is 38.6 Å². The number of rotatable bonds is 2. The minimum Gasteiger partial charge on any atom is -0.383 e. The third-order valence-electron chi connectivity index (χ3n) is 4.83. The van der Waals surface area contributed by atoms with Crippen LogP contribution in [0.4, 0.5) is 0 Å². The molecule has 0 N–H and O–H groups in total. The van der Waals surface area contributed by atoms with Crippen molar-refractivity contribution < 1.29 is 9.47 Å². The Hall–Kier alpha value is 0.788. The molecule has 0 aromatic carbocycles. The zero-order chi connectivity index (χ0) is 11.6. The Labute approximate surface area is 110 Å². The summed E-state index contributed by atoms with van der Waals surface area (Å²) < 4.78 is 12.5. The summed E-state index contributed by atoms with van der Waals surface area (Å²) in [5.41, 5.74) is 0. The van der Waals surface area contributed by atoms with Gasteiger partial charge in [-0.1, -0.05) is 0 Å². The minimum atomic E-state index is -0.777.